The molecule has 0 aliphatic heterocycles. The van der Waals surface area contributed by atoms with Gasteiger partial charge in [-0.2, -0.15) is 0 Å². The molecule has 0 bridgehead atoms. The van der Waals surface area contributed by atoms with Crippen LogP contribution in [-0.4, -0.2) is 21.4 Å². The van der Waals surface area contributed by atoms with E-state index in [1.807, 2.05) is 90.5 Å². The molecule has 5 nitrogen and oxygen atoms in total. The number of rotatable bonds is 9. The quantitative estimate of drug-likeness (QED) is 0.309. The predicted molar refractivity (Wildman–Crippen MR) is 130 cm³/mol. The minimum Gasteiger partial charge on any atom is -0.489 e. The number of carbonyl (C=O) groups excluding carboxylic acids is 1. The Morgan fingerprint density at radius 2 is 1.88 bits per heavy atom. The molecule has 0 saturated carbocycles. The molecule has 0 amide bonds. The average Bonchev–Trinajstić information content (AvgIpc) is 3.48. The number of benzene rings is 2. The van der Waals surface area contributed by atoms with Crippen LogP contribution in [0.5, 0.6) is 5.75 Å². The second kappa shape index (κ2) is 10.1. The first kappa shape index (κ1) is 22.3. The SMILES string of the molecule is Cc1ccc(C(=O)c2cccn2C/C=C/c2cccc(OCc3ccsc3C(=O)O)c2)cc1. The molecule has 4 rings (SSSR count). The Morgan fingerprint density at radius 1 is 1.06 bits per heavy atom. The van der Waals surface area contributed by atoms with Crippen molar-refractivity contribution in [2.45, 2.75) is 20.1 Å². The Labute approximate surface area is 196 Å². The van der Waals surface area contributed by atoms with E-state index in [-0.39, 0.29) is 12.4 Å². The average molecular weight is 458 g/mol. The molecule has 0 aliphatic carbocycles. The fourth-order valence-electron chi connectivity index (χ4n) is 3.44. The first-order valence-corrected chi connectivity index (χ1v) is 11.3. The molecule has 2 heterocycles. The molecule has 0 fully saturated rings. The van der Waals surface area contributed by atoms with Gasteiger partial charge in [-0.25, -0.2) is 4.79 Å². The van der Waals surface area contributed by atoms with Crippen molar-refractivity contribution in [1.82, 2.24) is 4.57 Å². The maximum Gasteiger partial charge on any atom is 0.346 e. The largest absolute Gasteiger partial charge is 0.489 e. The number of thiophene rings is 1. The smallest absolute Gasteiger partial charge is 0.346 e. The van der Waals surface area contributed by atoms with Gasteiger partial charge in [0.1, 0.15) is 17.2 Å². The maximum atomic E-state index is 12.9. The van der Waals surface area contributed by atoms with Gasteiger partial charge in [-0.15, -0.1) is 11.3 Å². The van der Waals surface area contributed by atoms with Crippen molar-refractivity contribution in [1.29, 1.82) is 0 Å². The lowest BCUT2D eigenvalue weighted by Crippen LogP contribution is -2.09. The zero-order valence-electron chi connectivity index (χ0n) is 18.1. The van der Waals surface area contributed by atoms with Crippen LogP contribution >= 0.6 is 11.3 Å². The van der Waals surface area contributed by atoms with Crippen molar-refractivity contribution in [3.63, 3.8) is 0 Å². The Bertz CT molecular complexity index is 1300. The van der Waals surface area contributed by atoms with Crippen molar-refractivity contribution in [2.75, 3.05) is 0 Å². The van der Waals surface area contributed by atoms with E-state index < -0.39 is 5.97 Å². The predicted octanol–water partition coefficient (Wildman–Crippen LogP) is 6.08. The number of aromatic carboxylic acids is 1. The highest BCUT2D eigenvalue weighted by molar-refractivity contribution is 7.12. The van der Waals surface area contributed by atoms with Gasteiger partial charge in [0.25, 0.3) is 0 Å². The fraction of sp³-hybridized carbons (Fsp3) is 0.111. The molecule has 0 aliphatic rings. The van der Waals surface area contributed by atoms with Crippen molar-refractivity contribution < 1.29 is 19.4 Å². The summed E-state index contributed by atoms with van der Waals surface area (Å²) >= 11 is 1.19. The summed E-state index contributed by atoms with van der Waals surface area (Å²) in [5, 5.41) is 11.0. The van der Waals surface area contributed by atoms with Gasteiger partial charge in [-0.05, 0) is 48.2 Å². The molecule has 0 radical (unpaired) electrons. The minimum atomic E-state index is -0.939. The van der Waals surface area contributed by atoms with Crippen LogP contribution in [0.2, 0.25) is 0 Å². The van der Waals surface area contributed by atoms with Crippen molar-refractivity contribution in [3.05, 3.63) is 117 Å². The summed E-state index contributed by atoms with van der Waals surface area (Å²) in [6.07, 6.45) is 5.86. The number of carbonyl (C=O) groups is 2. The third-order valence-electron chi connectivity index (χ3n) is 5.18. The van der Waals surface area contributed by atoms with Crippen LogP contribution in [0.25, 0.3) is 6.08 Å². The summed E-state index contributed by atoms with van der Waals surface area (Å²) in [4.78, 5) is 24.4. The number of ketones is 1. The lowest BCUT2D eigenvalue weighted by atomic mass is 10.1. The topological polar surface area (TPSA) is 68.5 Å². The zero-order chi connectivity index (χ0) is 23.2. The lowest BCUT2D eigenvalue weighted by Gasteiger charge is -2.08. The number of carboxylic acid groups (broad SMARTS) is 1. The number of aromatic nitrogens is 1. The number of ether oxygens (including phenoxy) is 1. The molecule has 1 N–H and O–H groups in total. The molecule has 0 unspecified atom stereocenters. The van der Waals surface area contributed by atoms with Crippen LogP contribution < -0.4 is 4.74 Å². The Morgan fingerprint density at radius 3 is 2.67 bits per heavy atom. The summed E-state index contributed by atoms with van der Waals surface area (Å²) in [7, 11) is 0. The van der Waals surface area contributed by atoms with Crippen LogP contribution in [0.15, 0.2) is 84.4 Å². The molecule has 33 heavy (non-hydrogen) atoms. The molecule has 0 spiro atoms. The zero-order valence-corrected chi connectivity index (χ0v) is 18.9. The first-order chi connectivity index (χ1) is 16.0. The molecule has 0 saturated heterocycles. The van der Waals surface area contributed by atoms with Crippen LogP contribution in [0, 0.1) is 6.92 Å². The first-order valence-electron chi connectivity index (χ1n) is 10.5. The van der Waals surface area contributed by atoms with E-state index in [0.29, 0.717) is 34.0 Å². The molecular weight excluding hydrogens is 434 g/mol. The van der Waals surface area contributed by atoms with E-state index >= 15 is 0 Å². The van der Waals surface area contributed by atoms with Gasteiger partial charge in [0.15, 0.2) is 0 Å². The van der Waals surface area contributed by atoms with Gasteiger partial charge >= 0.3 is 5.97 Å². The highest BCUT2D eigenvalue weighted by Gasteiger charge is 2.13. The van der Waals surface area contributed by atoms with E-state index in [1.54, 1.807) is 11.4 Å². The molecule has 2 aromatic heterocycles. The third-order valence-corrected chi connectivity index (χ3v) is 6.13. The number of hydrogen-bond acceptors (Lipinski definition) is 4. The van der Waals surface area contributed by atoms with Crippen LogP contribution in [0.4, 0.5) is 0 Å². The van der Waals surface area contributed by atoms with Crippen LogP contribution in [-0.2, 0) is 13.2 Å². The lowest BCUT2D eigenvalue weighted by molar-refractivity contribution is 0.0699. The van der Waals surface area contributed by atoms with E-state index in [0.717, 1.165) is 11.1 Å². The monoisotopic (exact) mass is 457 g/mol. The Balaban J connectivity index is 1.40. The standard InChI is InChI=1S/C27H23NO4S/c1-19-9-11-21(12-10-19)25(29)24-8-4-15-28(24)14-3-6-20-5-2-7-23(17-20)32-18-22-13-16-33-26(22)27(30)31/h2-13,15-17H,14,18H2,1H3,(H,30,31)/b6-3+. The third kappa shape index (κ3) is 5.48. The Kier molecular flexibility index (Phi) is 6.86. The van der Waals surface area contributed by atoms with Crippen molar-refractivity contribution >= 4 is 29.2 Å². The van der Waals surface area contributed by atoms with Crippen molar-refractivity contribution in [2.24, 2.45) is 0 Å². The van der Waals surface area contributed by atoms with E-state index in [1.165, 1.54) is 11.3 Å². The van der Waals surface area contributed by atoms with E-state index in [4.69, 9.17) is 4.74 Å². The number of allylic oxidation sites excluding steroid dienone is 1. The highest BCUT2D eigenvalue weighted by atomic mass is 32.1. The van der Waals surface area contributed by atoms with Gasteiger partial charge in [-0.3, -0.25) is 4.79 Å². The van der Waals surface area contributed by atoms with Gasteiger partial charge in [0.05, 0.1) is 5.69 Å². The normalized spacial score (nSPS) is 11.1. The van der Waals surface area contributed by atoms with Gasteiger partial charge in [0, 0.05) is 23.9 Å². The van der Waals surface area contributed by atoms with Gasteiger partial charge < -0.3 is 14.4 Å². The maximum absolute atomic E-state index is 12.9. The number of hydrogen-bond donors (Lipinski definition) is 1. The summed E-state index contributed by atoms with van der Waals surface area (Å²) in [6.45, 7) is 2.76. The van der Waals surface area contributed by atoms with E-state index in [2.05, 4.69) is 0 Å². The molecule has 4 aromatic rings. The minimum absolute atomic E-state index is 0.00189. The second-order valence-corrected chi connectivity index (χ2v) is 8.50. The summed E-state index contributed by atoms with van der Waals surface area (Å²) in [5.41, 5.74) is 4.05. The fourth-order valence-corrected chi connectivity index (χ4v) is 4.19. The summed E-state index contributed by atoms with van der Waals surface area (Å²) in [5.74, 6) is -0.278. The molecule has 2 aromatic carbocycles. The van der Waals surface area contributed by atoms with Gasteiger partial charge in [0.2, 0.25) is 5.78 Å². The molecule has 166 valence electrons. The Hall–Kier alpha value is -3.90. The molecule has 0 atom stereocenters. The van der Waals surface area contributed by atoms with Crippen molar-refractivity contribution in [3.8, 4) is 5.75 Å². The van der Waals surface area contributed by atoms with Crippen LogP contribution in [0.1, 0.15) is 42.4 Å². The number of nitrogens with zero attached hydrogens (tertiary/aromatic N) is 1. The molecule has 6 heteroatoms. The highest BCUT2D eigenvalue weighted by Crippen LogP contribution is 2.21. The molecular formula is C27H23NO4S. The number of carboxylic acids is 1. The number of aryl methyl sites for hydroxylation is 1. The van der Waals surface area contributed by atoms with Crippen LogP contribution in [0.3, 0.4) is 0 Å². The summed E-state index contributed by atoms with van der Waals surface area (Å²) < 4.78 is 7.72. The second-order valence-electron chi connectivity index (χ2n) is 7.58. The van der Waals surface area contributed by atoms with Gasteiger partial charge in [-0.1, -0.05) is 54.1 Å². The van der Waals surface area contributed by atoms with E-state index in [9.17, 15) is 14.7 Å². The summed E-state index contributed by atoms with van der Waals surface area (Å²) in [6, 6.07) is 20.7.